The fraction of sp³-hybridized carbons (Fsp3) is 0.467. The summed E-state index contributed by atoms with van der Waals surface area (Å²) in [5.41, 5.74) is 0.297. The van der Waals surface area contributed by atoms with Crippen molar-refractivity contribution < 1.29 is 14.7 Å². The minimum Gasteiger partial charge on any atom is -0.478 e. The van der Waals surface area contributed by atoms with Gasteiger partial charge < -0.3 is 10.4 Å². The summed E-state index contributed by atoms with van der Waals surface area (Å²) in [5, 5.41) is 12.0. The molecule has 0 aliphatic heterocycles. The van der Waals surface area contributed by atoms with Gasteiger partial charge in [-0.25, -0.2) is 4.79 Å². The van der Waals surface area contributed by atoms with Crippen LogP contribution in [0.3, 0.4) is 0 Å². The first-order chi connectivity index (χ1) is 9.11. The summed E-state index contributed by atoms with van der Waals surface area (Å²) in [7, 11) is 0. The molecule has 2 N–H and O–H groups in total. The standard InChI is InChI=1S/C15H19NO3/c1-2-11(9-10-7-8-10)16-14(17)12-5-3-4-6-13(12)15(18)19/h3-6,10-11H,2,7-9H2,1H3,(H,16,17)(H,18,19). The Hall–Kier alpha value is -1.84. The van der Waals surface area contributed by atoms with E-state index in [1.807, 2.05) is 6.92 Å². The maximum atomic E-state index is 12.2. The summed E-state index contributed by atoms with van der Waals surface area (Å²) in [4.78, 5) is 23.3. The normalized spacial score (nSPS) is 15.8. The summed E-state index contributed by atoms with van der Waals surface area (Å²) in [6, 6.07) is 6.47. The zero-order chi connectivity index (χ0) is 13.8. The van der Waals surface area contributed by atoms with Crippen LogP contribution in [0.25, 0.3) is 0 Å². The molecule has 1 amide bonds. The second-order valence-corrected chi connectivity index (χ2v) is 5.11. The van der Waals surface area contributed by atoms with Crippen LogP contribution in [0, 0.1) is 5.92 Å². The molecule has 1 aliphatic carbocycles. The van der Waals surface area contributed by atoms with Gasteiger partial charge in [-0.15, -0.1) is 0 Å². The lowest BCUT2D eigenvalue weighted by Crippen LogP contribution is -2.35. The number of nitrogens with one attached hydrogen (secondary N) is 1. The summed E-state index contributed by atoms with van der Waals surface area (Å²) < 4.78 is 0. The lowest BCUT2D eigenvalue weighted by molar-refractivity contribution is 0.0690. The summed E-state index contributed by atoms with van der Waals surface area (Å²) in [6.07, 6.45) is 4.37. The van der Waals surface area contributed by atoms with Crippen molar-refractivity contribution in [1.82, 2.24) is 5.32 Å². The van der Waals surface area contributed by atoms with Crippen LogP contribution in [0.1, 0.15) is 53.3 Å². The molecule has 19 heavy (non-hydrogen) atoms. The minimum atomic E-state index is -1.07. The average Bonchev–Trinajstić information content (AvgIpc) is 3.21. The summed E-state index contributed by atoms with van der Waals surface area (Å²) in [5.74, 6) is -0.619. The highest BCUT2D eigenvalue weighted by Crippen LogP contribution is 2.34. The van der Waals surface area contributed by atoms with Crippen LogP contribution in [0.4, 0.5) is 0 Å². The van der Waals surface area contributed by atoms with Crippen molar-refractivity contribution in [3.63, 3.8) is 0 Å². The quantitative estimate of drug-likeness (QED) is 0.827. The highest BCUT2D eigenvalue weighted by molar-refractivity contribution is 6.04. The van der Waals surface area contributed by atoms with Crippen molar-refractivity contribution in [3.8, 4) is 0 Å². The van der Waals surface area contributed by atoms with E-state index in [4.69, 9.17) is 5.11 Å². The maximum absolute atomic E-state index is 12.2. The molecule has 4 nitrogen and oxygen atoms in total. The smallest absolute Gasteiger partial charge is 0.336 e. The molecule has 0 aromatic heterocycles. The number of amides is 1. The van der Waals surface area contributed by atoms with E-state index in [9.17, 15) is 9.59 Å². The second-order valence-electron chi connectivity index (χ2n) is 5.11. The van der Waals surface area contributed by atoms with Crippen molar-refractivity contribution in [2.45, 2.75) is 38.6 Å². The predicted octanol–water partition coefficient (Wildman–Crippen LogP) is 2.69. The molecule has 0 spiro atoms. The van der Waals surface area contributed by atoms with E-state index in [1.165, 1.54) is 18.9 Å². The molecule has 4 heteroatoms. The SMILES string of the molecule is CCC(CC1CC1)NC(=O)c1ccccc1C(=O)O. The Balaban J connectivity index is 2.07. The zero-order valence-corrected chi connectivity index (χ0v) is 11.1. The van der Waals surface area contributed by atoms with Gasteiger partial charge in [-0.05, 0) is 30.9 Å². The topological polar surface area (TPSA) is 66.4 Å². The van der Waals surface area contributed by atoms with Crippen molar-refractivity contribution in [2.75, 3.05) is 0 Å². The molecule has 102 valence electrons. The molecule has 1 saturated carbocycles. The molecular weight excluding hydrogens is 242 g/mol. The molecule has 2 rings (SSSR count). The van der Waals surface area contributed by atoms with Gasteiger partial charge in [0.25, 0.3) is 5.91 Å². The van der Waals surface area contributed by atoms with Gasteiger partial charge in [-0.1, -0.05) is 31.9 Å². The summed E-state index contributed by atoms with van der Waals surface area (Å²) >= 11 is 0. The Morgan fingerprint density at radius 2 is 1.95 bits per heavy atom. The number of aromatic carboxylic acids is 1. The number of carboxylic acid groups (broad SMARTS) is 1. The Morgan fingerprint density at radius 1 is 1.32 bits per heavy atom. The molecule has 1 aromatic rings. The number of carboxylic acids is 1. The van der Waals surface area contributed by atoms with Crippen molar-refractivity contribution in [2.24, 2.45) is 5.92 Å². The number of carbonyl (C=O) groups is 2. The van der Waals surface area contributed by atoms with Gasteiger partial charge in [-0.2, -0.15) is 0 Å². The Labute approximate surface area is 112 Å². The lowest BCUT2D eigenvalue weighted by Gasteiger charge is -2.17. The third-order valence-corrected chi connectivity index (χ3v) is 3.54. The van der Waals surface area contributed by atoms with Gasteiger partial charge >= 0.3 is 5.97 Å². The van der Waals surface area contributed by atoms with Gasteiger partial charge in [0, 0.05) is 6.04 Å². The number of rotatable bonds is 6. The zero-order valence-electron chi connectivity index (χ0n) is 11.1. The molecule has 0 radical (unpaired) electrons. The van der Waals surface area contributed by atoms with E-state index in [0.29, 0.717) is 0 Å². The van der Waals surface area contributed by atoms with E-state index in [1.54, 1.807) is 18.2 Å². The average molecular weight is 261 g/mol. The van der Waals surface area contributed by atoms with Gasteiger partial charge in [0.2, 0.25) is 0 Å². The molecule has 1 unspecified atom stereocenters. The first-order valence-corrected chi connectivity index (χ1v) is 6.75. The van der Waals surface area contributed by atoms with E-state index in [2.05, 4.69) is 5.32 Å². The van der Waals surface area contributed by atoms with Crippen LogP contribution < -0.4 is 5.32 Å². The first kappa shape index (κ1) is 13.6. The van der Waals surface area contributed by atoms with Gasteiger partial charge in [0.05, 0.1) is 11.1 Å². The monoisotopic (exact) mass is 261 g/mol. The minimum absolute atomic E-state index is 0.0567. The van der Waals surface area contributed by atoms with E-state index in [0.717, 1.165) is 18.8 Å². The molecule has 0 bridgehead atoms. The van der Waals surface area contributed by atoms with Crippen LogP contribution in [0.5, 0.6) is 0 Å². The van der Waals surface area contributed by atoms with E-state index >= 15 is 0 Å². The first-order valence-electron chi connectivity index (χ1n) is 6.75. The highest BCUT2D eigenvalue weighted by Gasteiger charge is 2.26. The summed E-state index contributed by atoms with van der Waals surface area (Å²) in [6.45, 7) is 2.04. The Morgan fingerprint density at radius 3 is 2.47 bits per heavy atom. The predicted molar refractivity (Wildman–Crippen MR) is 72.3 cm³/mol. The van der Waals surface area contributed by atoms with Crippen LogP contribution in [0.2, 0.25) is 0 Å². The number of hydrogen-bond acceptors (Lipinski definition) is 2. The number of carbonyl (C=O) groups excluding carboxylic acids is 1. The molecule has 1 atom stereocenters. The van der Waals surface area contributed by atoms with Gasteiger partial charge in [-0.3, -0.25) is 4.79 Å². The third kappa shape index (κ3) is 3.56. The van der Waals surface area contributed by atoms with Crippen molar-refractivity contribution in [3.05, 3.63) is 35.4 Å². The molecule has 1 aliphatic rings. The Kier molecular flexibility index (Phi) is 4.20. The van der Waals surface area contributed by atoms with E-state index < -0.39 is 5.97 Å². The molecule has 1 aromatic carbocycles. The van der Waals surface area contributed by atoms with Gasteiger partial charge in [0.1, 0.15) is 0 Å². The lowest BCUT2D eigenvalue weighted by atomic mass is 10.0. The Bertz CT molecular complexity index is 480. The number of hydrogen-bond donors (Lipinski definition) is 2. The van der Waals surface area contributed by atoms with E-state index in [-0.39, 0.29) is 23.1 Å². The van der Waals surface area contributed by atoms with Gasteiger partial charge in [0.15, 0.2) is 0 Å². The largest absolute Gasteiger partial charge is 0.478 e. The maximum Gasteiger partial charge on any atom is 0.336 e. The molecular formula is C15H19NO3. The third-order valence-electron chi connectivity index (χ3n) is 3.54. The van der Waals surface area contributed by atoms with Crippen molar-refractivity contribution >= 4 is 11.9 Å². The number of benzene rings is 1. The molecule has 1 fully saturated rings. The fourth-order valence-electron chi connectivity index (χ4n) is 2.21. The van der Waals surface area contributed by atoms with Crippen LogP contribution >= 0.6 is 0 Å². The van der Waals surface area contributed by atoms with Crippen LogP contribution in [0.15, 0.2) is 24.3 Å². The molecule has 0 saturated heterocycles. The van der Waals surface area contributed by atoms with Crippen LogP contribution in [-0.2, 0) is 0 Å². The van der Waals surface area contributed by atoms with Crippen LogP contribution in [-0.4, -0.2) is 23.0 Å². The highest BCUT2D eigenvalue weighted by atomic mass is 16.4. The fourth-order valence-corrected chi connectivity index (χ4v) is 2.21. The van der Waals surface area contributed by atoms with Crippen molar-refractivity contribution in [1.29, 1.82) is 0 Å². The second kappa shape index (κ2) is 5.87. The molecule has 0 heterocycles.